The van der Waals surface area contributed by atoms with E-state index in [0.29, 0.717) is 19.6 Å². The largest absolute Gasteiger partial charge is 0.463 e. The van der Waals surface area contributed by atoms with Crippen LogP contribution in [0.3, 0.4) is 0 Å². The molecule has 1 unspecified atom stereocenters. The van der Waals surface area contributed by atoms with Gasteiger partial charge in [-0.2, -0.15) is 0 Å². The van der Waals surface area contributed by atoms with Crippen LogP contribution in [0.4, 0.5) is 0 Å². The van der Waals surface area contributed by atoms with E-state index < -0.39 is 0 Å². The van der Waals surface area contributed by atoms with E-state index >= 15 is 0 Å². The molecule has 1 aliphatic rings. The number of methoxy groups -OCH3 is 1. The summed E-state index contributed by atoms with van der Waals surface area (Å²) in [5.41, 5.74) is 1.77. The van der Waals surface area contributed by atoms with Crippen LogP contribution in [0.5, 0.6) is 0 Å². The Morgan fingerprint density at radius 3 is 2.75 bits per heavy atom. The summed E-state index contributed by atoms with van der Waals surface area (Å²) in [4.78, 5) is 14.2. The molecule has 0 N–H and O–H groups in total. The lowest BCUT2D eigenvalue weighted by molar-refractivity contribution is -0.139. The highest BCUT2D eigenvalue weighted by Crippen LogP contribution is 2.31. The number of hydrogen-bond acceptors (Lipinski definition) is 4. The van der Waals surface area contributed by atoms with Crippen molar-refractivity contribution < 1.29 is 14.3 Å². The number of carbonyl (C=O) groups excluding carboxylic acids is 1. The topological polar surface area (TPSA) is 38.8 Å². The summed E-state index contributed by atoms with van der Waals surface area (Å²) in [7, 11) is 1.70. The molecule has 0 amide bonds. The van der Waals surface area contributed by atoms with E-state index in [1.54, 1.807) is 7.11 Å². The summed E-state index contributed by atoms with van der Waals surface area (Å²) >= 11 is 0. The number of ether oxygens (including phenoxy) is 2. The smallest absolute Gasteiger partial charge is 0.335 e. The second kappa shape index (κ2) is 8.59. The molecule has 0 aromatic heterocycles. The molecule has 4 nitrogen and oxygen atoms in total. The molecule has 4 heteroatoms. The zero-order valence-electron chi connectivity index (χ0n) is 12.6. The Balaban J connectivity index is 3.09. The third-order valence-corrected chi connectivity index (χ3v) is 3.39. The van der Waals surface area contributed by atoms with Gasteiger partial charge < -0.3 is 14.4 Å². The molecule has 0 fully saturated rings. The van der Waals surface area contributed by atoms with Gasteiger partial charge in [-0.3, -0.25) is 0 Å². The first-order valence-corrected chi connectivity index (χ1v) is 7.09. The van der Waals surface area contributed by atoms with Crippen LogP contribution in [0.25, 0.3) is 0 Å². The van der Waals surface area contributed by atoms with E-state index in [-0.39, 0.29) is 12.2 Å². The van der Waals surface area contributed by atoms with Gasteiger partial charge in [0.1, 0.15) is 6.23 Å². The summed E-state index contributed by atoms with van der Waals surface area (Å²) < 4.78 is 10.7. The van der Waals surface area contributed by atoms with Crippen LogP contribution < -0.4 is 0 Å². The van der Waals surface area contributed by atoms with Gasteiger partial charge in [-0.15, -0.1) is 13.2 Å². The second-order valence-corrected chi connectivity index (χ2v) is 4.64. The Labute approximate surface area is 121 Å². The zero-order chi connectivity index (χ0) is 15.0. The molecular weight excluding hydrogens is 254 g/mol. The zero-order valence-corrected chi connectivity index (χ0v) is 12.6. The van der Waals surface area contributed by atoms with Gasteiger partial charge >= 0.3 is 5.97 Å². The molecule has 1 aliphatic heterocycles. The van der Waals surface area contributed by atoms with E-state index in [1.807, 2.05) is 19.1 Å². The van der Waals surface area contributed by atoms with Crippen LogP contribution in [0.1, 0.15) is 32.6 Å². The second-order valence-electron chi connectivity index (χ2n) is 4.64. The molecule has 1 rings (SSSR count). The predicted molar refractivity (Wildman–Crippen MR) is 80.0 cm³/mol. The van der Waals surface area contributed by atoms with Gasteiger partial charge in [-0.1, -0.05) is 12.2 Å². The average molecular weight is 279 g/mol. The Morgan fingerprint density at radius 2 is 2.20 bits per heavy atom. The van der Waals surface area contributed by atoms with E-state index in [2.05, 4.69) is 18.1 Å². The maximum atomic E-state index is 12.1. The monoisotopic (exact) mass is 279 g/mol. The average Bonchev–Trinajstić information content (AvgIpc) is 2.46. The van der Waals surface area contributed by atoms with Crippen molar-refractivity contribution in [2.45, 2.75) is 38.8 Å². The minimum absolute atomic E-state index is 0.00834. The molecule has 0 aromatic rings. The highest BCUT2D eigenvalue weighted by Gasteiger charge is 2.30. The first-order chi connectivity index (χ1) is 9.69. The molecule has 0 radical (unpaired) electrons. The number of rotatable bonds is 8. The van der Waals surface area contributed by atoms with Gasteiger partial charge in [0.25, 0.3) is 0 Å². The lowest BCUT2D eigenvalue weighted by Crippen LogP contribution is -2.41. The third-order valence-electron chi connectivity index (χ3n) is 3.39. The molecular formula is C16H25NO3. The molecule has 0 aromatic carbocycles. The molecule has 0 saturated heterocycles. The van der Waals surface area contributed by atoms with Crippen molar-refractivity contribution >= 4 is 5.97 Å². The number of hydrogen-bond donors (Lipinski definition) is 0. The van der Waals surface area contributed by atoms with Gasteiger partial charge in [0, 0.05) is 19.4 Å². The van der Waals surface area contributed by atoms with Gasteiger partial charge in [-0.05, 0) is 32.6 Å². The fourth-order valence-electron chi connectivity index (χ4n) is 2.50. The summed E-state index contributed by atoms with van der Waals surface area (Å²) in [6, 6.07) is 0. The van der Waals surface area contributed by atoms with Crippen LogP contribution in [0.15, 0.2) is 36.6 Å². The first-order valence-electron chi connectivity index (χ1n) is 7.09. The minimum atomic E-state index is -0.213. The molecule has 0 aliphatic carbocycles. The van der Waals surface area contributed by atoms with E-state index in [0.717, 1.165) is 30.5 Å². The first kappa shape index (κ1) is 16.5. The quantitative estimate of drug-likeness (QED) is 0.506. The molecule has 112 valence electrons. The van der Waals surface area contributed by atoms with Gasteiger partial charge in [0.15, 0.2) is 0 Å². The maximum absolute atomic E-state index is 12.1. The lowest BCUT2D eigenvalue weighted by Gasteiger charge is -2.38. The van der Waals surface area contributed by atoms with E-state index in [1.165, 1.54) is 0 Å². The fraction of sp³-hybridized carbons (Fsp3) is 0.562. The number of nitrogens with zero attached hydrogens (tertiary/aromatic N) is 1. The summed E-state index contributed by atoms with van der Waals surface area (Å²) in [5, 5.41) is 0. The molecule has 0 bridgehead atoms. The van der Waals surface area contributed by atoms with Crippen LogP contribution in [-0.4, -0.2) is 37.4 Å². The molecule has 0 spiro atoms. The Bertz CT molecular complexity index is 387. The number of allylic oxidation sites excluding steroid dienone is 2. The minimum Gasteiger partial charge on any atom is -0.463 e. The molecule has 0 saturated carbocycles. The Hall–Kier alpha value is -1.55. The van der Waals surface area contributed by atoms with Crippen molar-refractivity contribution in [2.75, 3.05) is 20.3 Å². The van der Waals surface area contributed by atoms with E-state index in [9.17, 15) is 4.79 Å². The van der Waals surface area contributed by atoms with Gasteiger partial charge in [0.2, 0.25) is 0 Å². The summed E-state index contributed by atoms with van der Waals surface area (Å²) in [6.07, 6.45) is 6.75. The number of esters is 1. The Kier molecular flexibility index (Phi) is 7.09. The summed E-state index contributed by atoms with van der Waals surface area (Å²) in [6.45, 7) is 10.4. The van der Waals surface area contributed by atoms with Crippen LogP contribution >= 0.6 is 0 Å². The molecule has 1 heterocycles. The number of carbonyl (C=O) groups is 1. The van der Waals surface area contributed by atoms with Crippen molar-refractivity contribution in [1.82, 2.24) is 4.90 Å². The Morgan fingerprint density at radius 1 is 1.45 bits per heavy atom. The van der Waals surface area contributed by atoms with Crippen LogP contribution in [0.2, 0.25) is 0 Å². The molecule has 20 heavy (non-hydrogen) atoms. The lowest BCUT2D eigenvalue weighted by atomic mass is 9.97. The van der Waals surface area contributed by atoms with E-state index in [4.69, 9.17) is 9.47 Å². The van der Waals surface area contributed by atoms with Crippen molar-refractivity contribution in [2.24, 2.45) is 0 Å². The van der Waals surface area contributed by atoms with Crippen molar-refractivity contribution in [3.05, 3.63) is 36.6 Å². The molecule has 1 atom stereocenters. The van der Waals surface area contributed by atoms with Crippen molar-refractivity contribution in [3.8, 4) is 0 Å². The fourth-order valence-corrected chi connectivity index (χ4v) is 2.50. The van der Waals surface area contributed by atoms with Gasteiger partial charge in [0.05, 0.1) is 12.2 Å². The van der Waals surface area contributed by atoms with Crippen LogP contribution in [-0.2, 0) is 14.3 Å². The summed E-state index contributed by atoms with van der Waals surface area (Å²) in [5.74, 6) is -0.213. The van der Waals surface area contributed by atoms with Crippen molar-refractivity contribution in [1.29, 1.82) is 0 Å². The maximum Gasteiger partial charge on any atom is 0.335 e. The highest BCUT2D eigenvalue weighted by atomic mass is 16.5. The third kappa shape index (κ3) is 3.97. The normalized spacial score (nSPS) is 18.9. The van der Waals surface area contributed by atoms with Crippen LogP contribution in [0, 0.1) is 0 Å². The van der Waals surface area contributed by atoms with Crippen molar-refractivity contribution in [3.63, 3.8) is 0 Å². The SMILES string of the molecule is C=CCCC1=C(C(=O)OCC)CCC(OC)N1CC=C. The highest BCUT2D eigenvalue weighted by molar-refractivity contribution is 5.89. The standard InChI is InChI=1S/C16H25NO3/c1-5-8-9-14-13(16(18)20-7-3)10-11-15(19-4)17(14)12-6-2/h5-6,15H,1-2,7-12H2,3-4H3. The van der Waals surface area contributed by atoms with Gasteiger partial charge in [-0.25, -0.2) is 4.79 Å². The predicted octanol–water partition coefficient (Wildman–Crippen LogP) is 3.02.